The standard InChI is InChI=1S/C7H3Br2F2IO/c8-4-1-3(13-7(10)11)2-5(9)6(4)12/h1-2,7H. The minimum absolute atomic E-state index is 0.133. The van der Waals surface area contributed by atoms with Crippen molar-refractivity contribution in [1.82, 2.24) is 0 Å². The number of ether oxygens (including phenoxy) is 1. The van der Waals surface area contributed by atoms with E-state index < -0.39 is 6.61 Å². The van der Waals surface area contributed by atoms with E-state index in [-0.39, 0.29) is 5.75 Å². The molecule has 0 spiro atoms. The van der Waals surface area contributed by atoms with Crippen LogP contribution in [0.25, 0.3) is 0 Å². The van der Waals surface area contributed by atoms with E-state index in [2.05, 4.69) is 59.2 Å². The van der Waals surface area contributed by atoms with Gasteiger partial charge in [0, 0.05) is 12.5 Å². The van der Waals surface area contributed by atoms with Crippen molar-refractivity contribution >= 4 is 54.5 Å². The maximum atomic E-state index is 11.8. The Morgan fingerprint density at radius 2 is 1.69 bits per heavy atom. The molecule has 0 aliphatic heterocycles. The lowest BCUT2D eigenvalue weighted by Gasteiger charge is -2.06. The van der Waals surface area contributed by atoms with Gasteiger partial charge in [0.2, 0.25) is 0 Å². The molecule has 1 aromatic rings. The van der Waals surface area contributed by atoms with E-state index in [4.69, 9.17) is 0 Å². The summed E-state index contributed by atoms with van der Waals surface area (Å²) < 4.78 is 30.3. The second-order valence-electron chi connectivity index (χ2n) is 2.08. The molecule has 0 bridgehead atoms. The molecular weight excluding hydrogens is 425 g/mol. The van der Waals surface area contributed by atoms with Gasteiger partial charge in [-0.2, -0.15) is 8.78 Å². The van der Waals surface area contributed by atoms with Crippen molar-refractivity contribution in [2.45, 2.75) is 6.61 Å². The molecule has 72 valence electrons. The van der Waals surface area contributed by atoms with E-state index >= 15 is 0 Å². The van der Waals surface area contributed by atoms with Crippen LogP contribution in [0, 0.1) is 3.57 Å². The zero-order chi connectivity index (χ0) is 10.0. The van der Waals surface area contributed by atoms with Crippen LogP contribution in [0.1, 0.15) is 0 Å². The van der Waals surface area contributed by atoms with Gasteiger partial charge in [0.15, 0.2) is 0 Å². The van der Waals surface area contributed by atoms with E-state index in [1.54, 1.807) is 0 Å². The summed E-state index contributed by atoms with van der Waals surface area (Å²) in [6.45, 7) is -2.79. The first kappa shape index (κ1) is 11.6. The third-order valence-electron chi connectivity index (χ3n) is 1.18. The molecule has 0 aliphatic rings. The molecule has 0 N–H and O–H groups in total. The number of alkyl halides is 2. The Kier molecular flexibility index (Phi) is 4.37. The molecule has 0 aliphatic carbocycles. The SMILES string of the molecule is FC(F)Oc1cc(Br)c(I)c(Br)c1. The third kappa shape index (κ3) is 3.32. The molecule has 0 heterocycles. The largest absolute Gasteiger partial charge is 0.435 e. The molecule has 1 rings (SSSR count). The predicted molar refractivity (Wildman–Crippen MR) is 61.2 cm³/mol. The summed E-state index contributed by atoms with van der Waals surface area (Å²) in [4.78, 5) is 0. The van der Waals surface area contributed by atoms with Crippen molar-refractivity contribution in [2.24, 2.45) is 0 Å². The number of rotatable bonds is 2. The molecule has 0 radical (unpaired) electrons. The number of benzene rings is 1. The Hall–Kier alpha value is 0.570. The normalized spacial score (nSPS) is 10.6. The first-order valence-corrected chi connectivity index (χ1v) is 5.76. The van der Waals surface area contributed by atoms with Crippen molar-refractivity contribution in [3.8, 4) is 5.75 Å². The van der Waals surface area contributed by atoms with Crippen molar-refractivity contribution < 1.29 is 13.5 Å². The zero-order valence-corrected chi connectivity index (χ0v) is 11.4. The van der Waals surface area contributed by atoms with E-state index in [9.17, 15) is 8.78 Å². The molecule has 0 aromatic heterocycles. The maximum Gasteiger partial charge on any atom is 0.387 e. The summed E-state index contributed by atoms with van der Waals surface area (Å²) in [5.41, 5.74) is 0. The zero-order valence-electron chi connectivity index (χ0n) is 6.03. The molecular formula is C7H3Br2F2IO. The molecule has 0 unspecified atom stereocenters. The summed E-state index contributed by atoms with van der Waals surface area (Å²) in [6, 6.07) is 3.00. The second kappa shape index (κ2) is 4.88. The molecule has 1 aromatic carbocycles. The van der Waals surface area contributed by atoms with Gasteiger partial charge in [-0.25, -0.2) is 0 Å². The lowest BCUT2D eigenvalue weighted by molar-refractivity contribution is -0.0499. The lowest BCUT2D eigenvalue weighted by atomic mass is 10.3. The molecule has 1 nitrogen and oxygen atoms in total. The van der Waals surface area contributed by atoms with Gasteiger partial charge in [-0.3, -0.25) is 0 Å². The van der Waals surface area contributed by atoms with Gasteiger partial charge in [-0.05, 0) is 66.6 Å². The van der Waals surface area contributed by atoms with Crippen molar-refractivity contribution in [2.75, 3.05) is 0 Å². The van der Waals surface area contributed by atoms with Crippen LogP contribution in [0.2, 0.25) is 0 Å². The molecule has 0 fully saturated rings. The Balaban J connectivity index is 2.99. The van der Waals surface area contributed by atoms with Crippen LogP contribution in [0.3, 0.4) is 0 Å². The Bertz CT molecular complexity index is 296. The Morgan fingerprint density at radius 3 is 2.08 bits per heavy atom. The quantitative estimate of drug-likeness (QED) is 0.501. The summed E-state index contributed by atoms with van der Waals surface area (Å²) in [5.74, 6) is 0.133. The summed E-state index contributed by atoms with van der Waals surface area (Å²) in [6.07, 6.45) is 0. The highest BCUT2D eigenvalue weighted by atomic mass is 127. The molecule has 0 atom stereocenters. The number of hydrogen-bond acceptors (Lipinski definition) is 1. The van der Waals surface area contributed by atoms with Gasteiger partial charge >= 0.3 is 6.61 Å². The minimum atomic E-state index is -2.79. The lowest BCUT2D eigenvalue weighted by Crippen LogP contribution is -2.02. The van der Waals surface area contributed by atoms with Crippen molar-refractivity contribution in [3.05, 3.63) is 24.6 Å². The van der Waals surface area contributed by atoms with Crippen LogP contribution in [-0.4, -0.2) is 6.61 Å². The Labute approximate surface area is 104 Å². The maximum absolute atomic E-state index is 11.8. The molecule has 13 heavy (non-hydrogen) atoms. The van der Waals surface area contributed by atoms with Crippen LogP contribution >= 0.6 is 54.5 Å². The van der Waals surface area contributed by atoms with Gasteiger partial charge in [-0.15, -0.1) is 0 Å². The molecule has 6 heteroatoms. The van der Waals surface area contributed by atoms with E-state index in [0.717, 1.165) is 12.5 Å². The van der Waals surface area contributed by atoms with Gasteiger partial charge in [0.1, 0.15) is 5.75 Å². The van der Waals surface area contributed by atoms with E-state index in [0.29, 0.717) is 0 Å². The fourth-order valence-electron chi connectivity index (χ4n) is 0.703. The molecule has 0 saturated heterocycles. The van der Waals surface area contributed by atoms with E-state index in [1.807, 2.05) is 0 Å². The van der Waals surface area contributed by atoms with Gasteiger partial charge in [0.05, 0.1) is 0 Å². The second-order valence-corrected chi connectivity index (χ2v) is 4.87. The van der Waals surface area contributed by atoms with Gasteiger partial charge < -0.3 is 4.74 Å². The van der Waals surface area contributed by atoms with Crippen molar-refractivity contribution in [1.29, 1.82) is 0 Å². The van der Waals surface area contributed by atoms with Gasteiger partial charge in [0.25, 0.3) is 0 Å². The third-order valence-corrected chi connectivity index (χ3v) is 5.08. The fourth-order valence-corrected chi connectivity index (χ4v) is 2.16. The average molecular weight is 428 g/mol. The van der Waals surface area contributed by atoms with Crippen LogP contribution in [0.15, 0.2) is 21.1 Å². The smallest absolute Gasteiger partial charge is 0.387 e. The summed E-state index contributed by atoms with van der Waals surface area (Å²) in [7, 11) is 0. The first-order chi connectivity index (χ1) is 6.00. The first-order valence-electron chi connectivity index (χ1n) is 3.10. The number of halogens is 5. The highest BCUT2D eigenvalue weighted by Crippen LogP contribution is 2.32. The predicted octanol–water partition coefficient (Wildman–Crippen LogP) is 4.42. The molecule has 0 amide bonds. The fraction of sp³-hybridized carbons (Fsp3) is 0.143. The highest BCUT2D eigenvalue weighted by molar-refractivity contribution is 14.1. The van der Waals surface area contributed by atoms with Crippen molar-refractivity contribution in [3.63, 3.8) is 0 Å². The summed E-state index contributed by atoms with van der Waals surface area (Å²) in [5, 5.41) is 0. The van der Waals surface area contributed by atoms with E-state index in [1.165, 1.54) is 12.1 Å². The summed E-state index contributed by atoms with van der Waals surface area (Å²) >= 11 is 8.53. The average Bonchev–Trinajstić information content (AvgIpc) is 1.98. The van der Waals surface area contributed by atoms with Crippen LogP contribution in [-0.2, 0) is 0 Å². The number of hydrogen-bond donors (Lipinski definition) is 0. The van der Waals surface area contributed by atoms with Crippen LogP contribution in [0.4, 0.5) is 8.78 Å². The molecule has 0 saturated carbocycles. The van der Waals surface area contributed by atoms with Crippen LogP contribution < -0.4 is 4.74 Å². The highest BCUT2D eigenvalue weighted by Gasteiger charge is 2.09. The minimum Gasteiger partial charge on any atom is -0.435 e. The van der Waals surface area contributed by atoms with Gasteiger partial charge in [-0.1, -0.05) is 0 Å². The topological polar surface area (TPSA) is 9.23 Å². The van der Waals surface area contributed by atoms with Crippen LogP contribution in [0.5, 0.6) is 5.75 Å². The Morgan fingerprint density at radius 1 is 1.23 bits per heavy atom. The monoisotopic (exact) mass is 426 g/mol.